The van der Waals surface area contributed by atoms with Gasteiger partial charge in [0.2, 0.25) is 0 Å². The van der Waals surface area contributed by atoms with Crippen LogP contribution in [-0.4, -0.2) is 31.6 Å². The highest BCUT2D eigenvalue weighted by molar-refractivity contribution is 7.14. The number of amides is 2. The number of urea groups is 1. The number of hydrogen-bond donors (Lipinski definition) is 2. The molecule has 2 aromatic heterocycles. The Labute approximate surface area is 121 Å². The molecule has 0 bridgehead atoms. The van der Waals surface area contributed by atoms with E-state index < -0.39 is 0 Å². The van der Waals surface area contributed by atoms with Gasteiger partial charge in [-0.15, -0.1) is 22.7 Å². The average molecular weight is 295 g/mol. The third kappa shape index (κ3) is 4.05. The molecule has 0 spiro atoms. The summed E-state index contributed by atoms with van der Waals surface area (Å²) in [5.41, 5.74) is 0. The number of likely N-dealkylation sites (N-methyl/N-ethyl adjacent to an activating group) is 1. The van der Waals surface area contributed by atoms with Crippen molar-refractivity contribution in [2.24, 2.45) is 0 Å². The average Bonchev–Trinajstić information content (AvgIpc) is 3.01. The second kappa shape index (κ2) is 6.70. The zero-order valence-corrected chi connectivity index (χ0v) is 12.6. The van der Waals surface area contributed by atoms with Gasteiger partial charge >= 0.3 is 6.03 Å². The Hall–Kier alpha value is -1.37. The summed E-state index contributed by atoms with van der Waals surface area (Å²) in [6.45, 7) is 0.588. The van der Waals surface area contributed by atoms with E-state index in [0.29, 0.717) is 6.54 Å². The van der Waals surface area contributed by atoms with E-state index in [1.165, 1.54) is 16.2 Å². The van der Waals surface area contributed by atoms with E-state index in [-0.39, 0.29) is 12.1 Å². The summed E-state index contributed by atoms with van der Waals surface area (Å²) in [6.07, 6.45) is 0. The smallest absolute Gasteiger partial charge is 0.319 e. The van der Waals surface area contributed by atoms with Gasteiger partial charge in [-0.05, 0) is 43.1 Å². The van der Waals surface area contributed by atoms with E-state index in [1.54, 1.807) is 11.3 Å². The third-order valence-corrected chi connectivity index (χ3v) is 4.47. The number of nitrogens with zero attached hydrogens (tertiary/aromatic N) is 1. The van der Waals surface area contributed by atoms with Crippen molar-refractivity contribution in [3.8, 4) is 0 Å². The van der Waals surface area contributed by atoms with Crippen LogP contribution in [0.4, 0.5) is 9.80 Å². The predicted octanol–water partition coefficient (Wildman–Crippen LogP) is 3.23. The van der Waals surface area contributed by atoms with Crippen LogP contribution in [0.5, 0.6) is 0 Å². The maximum atomic E-state index is 11.8. The van der Waals surface area contributed by atoms with Crippen LogP contribution in [0.25, 0.3) is 0 Å². The molecule has 2 amide bonds. The first kappa shape index (κ1) is 14.0. The van der Waals surface area contributed by atoms with E-state index in [1.807, 2.05) is 37.7 Å². The highest BCUT2D eigenvalue weighted by Crippen LogP contribution is 2.22. The summed E-state index contributed by atoms with van der Waals surface area (Å²) in [5, 5.41) is 10.6. The van der Waals surface area contributed by atoms with Crippen LogP contribution in [0.2, 0.25) is 0 Å². The molecule has 2 N–H and O–H groups in total. The second-order valence-electron chi connectivity index (χ2n) is 4.31. The van der Waals surface area contributed by atoms with E-state index in [0.717, 1.165) is 5.00 Å². The Morgan fingerprint density at radius 2 is 2.00 bits per heavy atom. The second-order valence-corrected chi connectivity index (χ2v) is 6.23. The molecule has 0 aromatic carbocycles. The van der Waals surface area contributed by atoms with E-state index in [4.69, 9.17) is 0 Å². The summed E-state index contributed by atoms with van der Waals surface area (Å²) < 4.78 is 0. The lowest BCUT2D eigenvalue weighted by Crippen LogP contribution is -2.36. The number of carbonyl (C=O) groups excluding carboxylic acids is 1. The molecule has 2 heterocycles. The maximum absolute atomic E-state index is 11.8. The van der Waals surface area contributed by atoms with E-state index >= 15 is 0 Å². The Balaban J connectivity index is 1.87. The third-order valence-electron chi connectivity index (χ3n) is 2.71. The molecule has 102 valence electrons. The number of hydrogen-bond acceptors (Lipinski definition) is 4. The van der Waals surface area contributed by atoms with Gasteiger partial charge in [0.1, 0.15) is 0 Å². The summed E-state index contributed by atoms with van der Waals surface area (Å²) >= 11 is 3.21. The molecule has 1 atom stereocenters. The van der Waals surface area contributed by atoms with Gasteiger partial charge in [-0.2, -0.15) is 0 Å². The molecular formula is C13H17N3OS2. The summed E-state index contributed by atoms with van der Waals surface area (Å²) in [6, 6.07) is 7.96. The summed E-state index contributed by atoms with van der Waals surface area (Å²) in [7, 11) is 4.03. The molecule has 0 aliphatic carbocycles. The number of rotatable bonds is 5. The van der Waals surface area contributed by atoms with Crippen LogP contribution in [0.15, 0.2) is 35.0 Å². The van der Waals surface area contributed by atoms with Gasteiger partial charge in [0.05, 0.1) is 11.0 Å². The fraction of sp³-hybridized carbons (Fsp3) is 0.308. The van der Waals surface area contributed by atoms with Crippen molar-refractivity contribution in [1.82, 2.24) is 10.2 Å². The molecule has 1 unspecified atom stereocenters. The van der Waals surface area contributed by atoms with Crippen molar-refractivity contribution in [1.29, 1.82) is 0 Å². The fourth-order valence-corrected chi connectivity index (χ4v) is 3.25. The van der Waals surface area contributed by atoms with Gasteiger partial charge in [0.25, 0.3) is 0 Å². The van der Waals surface area contributed by atoms with Gasteiger partial charge in [-0.25, -0.2) is 4.79 Å². The fourth-order valence-electron chi connectivity index (χ4n) is 1.71. The quantitative estimate of drug-likeness (QED) is 0.889. The molecule has 4 nitrogen and oxygen atoms in total. The van der Waals surface area contributed by atoms with Crippen molar-refractivity contribution < 1.29 is 4.79 Å². The van der Waals surface area contributed by atoms with Crippen molar-refractivity contribution in [3.05, 3.63) is 39.9 Å². The Kier molecular flexibility index (Phi) is 4.95. The lowest BCUT2D eigenvalue weighted by Gasteiger charge is -2.23. The first-order valence-corrected chi connectivity index (χ1v) is 7.71. The van der Waals surface area contributed by atoms with Crippen LogP contribution >= 0.6 is 22.7 Å². The topological polar surface area (TPSA) is 44.4 Å². The van der Waals surface area contributed by atoms with Crippen molar-refractivity contribution in [2.75, 3.05) is 26.0 Å². The summed E-state index contributed by atoms with van der Waals surface area (Å²) in [4.78, 5) is 15.1. The number of anilines is 1. The molecule has 2 rings (SSSR count). The van der Waals surface area contributed by atoms with E-state index in [2.05, 4.69) is 27.0 Å². The molecule has 0 saturated heterocycles. The van der Waals surface area contributed by atoms with Crippen molar-refractivity contribution >= 4 is 33.7 Å². The highest BCUT2D eigenvalue weighted by atomic mass is 32.1. The molecule has 6 heteroatoms. The molecular weight excluding hydrogens is 278 g/mol. The van der Waals surface area contributed by atoms with Gasteiger partial charge in [-0.3, -0.25) is 5.32 Å². The SMILES string of the molecule is CN(C)C(CNC(=O)Nc1cccs1)c1cccs1. The Bertz CT molecular complexity index is 494. The molecule has 0 radical (unpaired) electrons. The van der Waals surface area contributed by atoms with Crippen LogP contribution in [0.1, 0.15) is 10.9 Å². The normalized spacial score (nSPS) is 12.4. The molecule has 0 aliphatic rings. The zero-order chi connectivity index (χ0) is 13.7. The standard InChI is InChI=1S/C13H17N3OS2/c1-16(2)10(11-5-3-7-18-11)9-14-13(17)15-12-6-4-8-19-12/h3-8,10H,9H2,1-2H3,(H2,14,15,17). The van der Waals surface area contributed by atoms with Crippen LogP contribution < -0.4 is 10.6 Å². The van der Waals surface area contributed by atoms with Gasteiger partial charge in [0, 0.05) is 11.4 Å². The highest BCUT2D eigenvalue weighted by Gasteiger charge is 2.16. The minimum atomic E-state index is -0.161. The monoisotopic (exact) mass is 295 g/mol. The van der Waals surface area contributed by atoms with Gasteiger partial charge in [0.15, 0.2) is 0 Å². The largest absolute Gasteiger partial charge is 0.336 e. The summed E-state index contributed by atoms with van der Waals surface area (Å²) in [5.74, 6) is 0. The van der Waals surface area contributed by atoms with Gasteiger partial charge in [-0.1, -0.05) is 6.07 Å². The van der Waals surface area contributed by atoms with Crippen LogP contribution in [0, 0.1) is 0 Å². The molecule has 0 aliphatic heterocycles. The molecule has 2 aromatic rings. The van der Waals surface area contributed by atoms with Crippen LogP contribution in [-0.2, 0) is 0 Å². The first-order valence-electron chi connectivity index (χ1n) is 5.95. The van der Waals surface area contributed by atoms with Crippen molar-refractivity contribution in [2.45, 2.75) is 6.04 Å². The van der Waals surface area contributed by atoms with Crippen LogP contribution in [0.3, 0.4) is 0 Å². The first-order chi connectivity index (χ1) is 9.16. The molecule has 0 fully saturated rings. The Morgan fingerprint density at radius 3 is 2.58 bits per heavy atom. The number of carbonyl (C=O) groups is 1. The zero-order valence-electron chi connectivity index (χ0n) is 10.9. The van der Waals surface area contributed by atoms with E-state index in [9.17, 15) is 4.79 Å². The Morgan fingerprint density at radius 1 is 1.26 bits per heavy atom. The molecule has 0 saturated carbocycles. The minimum Gasteiger partial charge on any atom is -0.336 e. The number of nitrogens with one attached hydrogen (secondary N) is 2. The lowest BCUT2D eigenvalue weighted by molar-refractivity contribution is 0.244. The minimum absolute atomic E-state index is 0.161. The predicted molar refractivity (Wildman–Crippen MR) is 82.1 cm³/mol. The lowest BCUT2D eigenvalue weighted by atomic mass is 10.2. The number of thiophene rings is 2. The van der Waals surface area contributed by atoms with Gasteiger partial charge < -0.3 is 10.2 Å². The van der Waals surface area contributed by atoms with Crippen molar-refractivity contribution in [3.63, 3.8) is 0 Å². The maximum Gasteiger partial charge on any atom is 0.319 e. The molecule has 19 heavy (non-hydrogen) atoms.